The molecule has 0 heterocycles. The standard InChI is InChI=1S/2C21H40O4.C4H6O4/c2*1-2-3-4-5-6-7-8-9-10-11-12-13-14-15-16-17-21(24)25-19-20(23)18-22;5-3(6)1-2-4(7)8/h2*9-10,20,22-23H,2-8,11-19H2,1H3;1-2H2,(H,5,6)(H,7,8)/b2*10-9-;. The van der Waals surface area contributed by atoms with Crippen molar-refractivity contribution in [2.75, 3.05) is 26.4 Å². The Morgan fingerprint density at radius 1 is 0.414 bits per heavy atom. The first-order valence-corrected chi connectivity index (χ1v) is 22.7. The molecule has 6 N–H and O–H groups in total. The normalized spacial score (nSPS) is 12.0. The van der Waals surface area contributed by atoms with E-state index in [1.54, 1.807) is 0 Å². The number of carboxylic acids is 2. The summed E-state index contributed by atoms with van der Waals surface area (Å²) in [5.41, 5.74) is 0. The van der Waals surface area contributed by atoms with Crippen molar-refractivity contribution in [1.29, 1.82) is 0 Å². The summed E-state index contributed by atoms with van der Waals surface area (Å²) >= 11 is 0. The third-order valence-electron chi connectivity index (χ3n) is 9.13. The summed E-state index contributed by atoms with van der Waals surface area (Å²) in [6.45, 7) is 3.54. The lowest BCUT2D eigenvalue weighted by Crippen LogP contribution is -2.21. The number of allylic oxidation sites excluding steroid dienone is 4. The van der Waals surface area contributed by atoms with Gasteiger partial charge < -0.3 is 40.1 Å². The minimum Gasteiger partial charge on any atom is -0.481 e. The predicted molar refractivity (Wildman–Crippen MR) is 232 cm³/mol. The second kappa shape index (κ2) is 50.3. The summed E-state index contributed by atoms with van der Waals surface area (Å²) < 4.78 is 9.71. The molecule has 0 rings (SSSR count). The first-order chi connectivity index (χ1) is 28.0. The van der Waals surface area contributed by atoms with Crippen molar-refractivity contribution in [3.63, 3.8) is 0 Å². The molecule has 12 heteroatoms. The molecule has 58 heavy (non-hydrogen) atoms. The van der Waals surface area contributed by atoms with Gasteiger partial charge in [-0.1, -0.05) is 141 Å². The molecule has 0 bridgehead atoms. The Kier molecular flexibility index (Phi) is 51.7. The van der Waals surface area contributed by atoms with Crippen LogP contribution >= 0.6 is 0 Å². The zero-order chi connectivity index (χ0) is 43.7. The van der Waals surface area contributed by atoms with Crippen LogP contribution in [0.2, 0.25) is 0 Å². The zero-order valence-corrected chi connectivity index (χ0v) is 36.6. The number of unbranched alkanes of at least 4 members (excludes halogenated alkanes) is 22. The van der Waals surface area contributed by atoms with Gasteiger partial charge in [0.05, 0.1) is 26.1 Å². The molecule has 0 aliphatic rings. The van der Waals surface area contributed by atoms with E-state index >= 15 is 0 Å². The van der Waals surface area contributed by atoms with Crippen LogP contribution in [0.5, 0.6) is 0 Å². The van der Waals surface area contributed by atoms with E-state index in [9.17, 15) is 19.2 Å². The Labute approximate surface area is 351 Å². The van der Waals surface area contributed by atoms with Crippen LogP contribution < -0.4 is 0 Å². The lowest BCUT2D eigenvalue weighted by Gasteiger charge is -2.08. The predicted octanol–water partition coefficient (Wildman–Crippen LogP) is 9.78. The molecule has 12 nitrogen and oxygen atoms in total. The number of ether oxygens (including phenoxy) is 2. The molecule has 0 fully saturated rings. The van der Waals surface area contributed by atoms with Crippen molar-refractivity contribution < 1.29 is 59.3 Å². The van der Waals surface area contributed by atoms with E-state index in [0.717, 1.165) is 51.4 Å². The minimum atomic E-state index is -1.08. The van der Waals surface area contributed by atoms with Crippen LogP contribution in [0.4, 0.5) is 0 Å². The first kappa shape index (κ1) is 59.5. The largest absolute Gasteiger partial charge is 0.481 e. The summed E-state index contributed by atoms with van der Waals surface area (Å²) in [4.78, 5) is 42.0. The number of rotatable bonds is 39. The first-order valence-electron chi connectivity index (χ1n) is 22.7. The summed E-state index contributed by atoms with van der Waals surface area (Å²) in [5.74, 6) is -2.73. The molecular formula is C46H86O12. The summed E-state index contributed by atoms with van der Waals surface area (Å²) in [6, 6.07) is 0. The van der Waals surface area contributed by atoms with E-state index in [0.29, 0.717) is 12.8 Å². The van der Waals surface area contributed by atoms with E-state index in [1.807, 2.05) is 0 Å². The average molecular weight is 831 g/mol. The summed E-state index contributed by atoms with van der Waals surface area (Å²) in [7, 11) is 0. The van der Waals surface area contributed by atoms with Gasteiger partial charge in [-0.15, -0.1) is 0 Å². The Morgan fingerprint density at radius 2 is 0.672 bits per heavy atom. The maximum absolute atomic E-state index is 11.4. The molecule has 0 aromatic heterocycles. The van der Waals surface area contributed by atoms with Crippen molar-refractivity contribution in [2.45, 2.75) is 219 Å². The van der Waals surface area contributed by atoms with Crippen LogP contribution in [0.25, 0.3) is 0 Å². The molecule has 0 aromatic rings. The third kappa shape index (κ3) is 57.5. The third-order valence-corrected chi connectivity index (χ3v) is 9.13. The number of aliphatic hydroxyl groups is 4. The Bertz CT molecular complexity index is 892. The van der Waals surface area contributed by atoms with E-state index in [1.165, 1.54) is 116 Å². The molecule has 0 aliphatic carbocycles. The maximum Gasteiger partial charge on any atom is 0.305 e. The number of aliphatic carboxylic acids is 2. The Morgan fingerprint density at radius 3 is 0.931 bits per heavy atom. The lowest BCUT2D eigenvalue weighted by molar-refractivity contribution is -0.148. The number of esters is 2. The fraction of sp³-hybridized carbons (Fsp3) is 0.826. The quantitative estimate of drug-likeness (QED) is 0.0194. The molecule has 342 valence electrons. The van der Waals surface area contributed by atoms with Crippen molar-refractivity contribution in [1.82, 2.24) is 0 Å². The van der Waals surface area contributed by atoms with Gasteiger partial charge in [-0.3, -0.25) is 19.2 Å². The minimum absolute atomic E-state index is 0.111. The van der Waals surface area contributed by atoms with E-state index in [4.69, 9.17) is 40.1 Å². The summed E-state index contributed by atoms with van der Waals surface area (Å²) in [5, 5.41) is 51.2. The molecular weight excluding hydrogens is 744 g/mol. The van der Waals surface area contributed by atoms with Crippen molar-refractivity contribution in [3.05, 3.63) is 24.3 Å². The lowest BCUT2D eigenvalue weighted by atomic mass is 10.1. The second-order valence-electron chi connectivity index (χ2n) is 15.0. The van der Waals surface area contributed by atoms with Crippen molar-refractivity contribution in [3.8, 4) is 0 Å². The van der Waals surface area contributed by atoms with E-state index < -0.39 is 24.1 Å². The number of carboxylic acid groups (broad SMARTS) is 2. The molecule has 2 atom stereocenters. The molecule has 0 saturated carbocycles. The van der Waals surface area contributed by atoms with Crippen LogP contribution in [0, 0.1) is 0 Å². The topological polar surface area (TPSA) is 208 Å². The van der Waals surface area contributed by atoms with Crippen LogP contribution in [-0.2, 0) is 28.7 Å². The van der Waals surface area contributed by atoms with Crippen LogP contribution in [-0.4, -0.2) is 93.2 Å². The number of hydrogen-bond donors (Lipinski definition) is 6. The van der Waals surface area contributed by atoms with Crippen LogP contribution in [0.15, 0.2) is 24.3 Å². The van der Waals surface area contributed by atoms with Gasteiger partial charge >= 0.3 is 23.9 Å². The number of hydrogen-bond acceptors (Lipinski definition) is 10. The fourth-order valence-electron chi connectivity index (χ4n) is 5.52. The van der Waals surface area contributed by atoms with Gasteiger partial charge in [-0.2, -0.15) is 0 Å². The molecule has 0 aromatic carbocycles. The van der Waals surface area contributed by atoms with Gasteiger partial charge in [0.1, 0.15) is 25.4 Å². The average Bonchev–Trinajstić information content (AvgIpc) is 3.21. The number of carbonyl (C=O) groups is 4. The second-order valence-corrected chi connectivity index (χ2v) is 15.0. The van der Waals surface area contributed by atoms with Gasteiger partial charge in [0.2, 0.25) is 0 Å². The molecule has 0 radical (unpaired) electrons. The zero-order valence-electron chi connectivity index (χ0n) is 36.6. The molecule has 0 aliphatic heterocycles. The van der Waals surface area contributed by atoms with Crippen LogP contribution in [0.1, 0.15) is 206 Å². The molecule has 0 spiro atoms. The Hall–Kier alpha value is -2.80. The highest BCUT2D eigenvalue weighted by Gasteiger charge is 2.08. The molecule has 0 amide bonds. The monoisotopic (exact) mass is 831 g/mol. The van der Waals surface area contributed by atoms with Gasteiger partial charge in [-0.25, -0.2) is 0 Å². The SMILES string of the molecule is CCCCCCCC/C=C\CCCCCCCC(=O)OCC(O)CO.CCCCCCCC/C=C\CCCCCCCC(=O)OCC(O)CO.O=C(O)CCC(=O)O. The molecule has 2 unspecified atom stereocenters. The van der Waals surface area contributed by atoms with E-state index in [-0.39, 0.29) is 51.2 Å². The van der Waals surface area contributed by atoms with Gasteiger partial charge in [0, 0.05) is 12.8 Å². The number of carbonyl (C=O) groups excluding carboxylic acids is 2. The van der Waals surface area contributed by atoms with E-state index in [2.05, 4.69) is 38.2 Å². The molecule has 0 saturated heterocycles. The van der Waals surface area contributed by atoms with Crippen molar-refractivity contribution in [2.24, 2.45) is 0 Å². The van der Waals surface area contributed by atoms with Gasteiger partial charge in [0.25, 0.3) is 0 Å². The smallest absolute Gasteiger partial charge is 0.305 e. The highest BCUT2D eigenvalue weighted by molar-refractivity contribution is 5.75. The van der Waals surface area contributed by atoms with Gasteiger partial charge in [-0.05, 0) is 64.2 Å². The van der Waals surface area contributed by atoms with Crippen LogP contribution in [0.3, 0.4) is 0 Å². The summed E-state index contributed by atoms with van der Waals surface area (Å²) in [6.07, 6.45) is 39.6. The Balaban J connectivity index is -0.000000877. The highest BCUT2D eigenvalue weighted by Crippen LogP contribution is 2.12. The number of aliphatic hydroxyl groups excluding tert-OH is 4. The maximum atomic E-state index is 11.4. The van der Waals surface area contributed by atoms with Gasteiger partial charge in [0.15, 0.2) is 0 Å². The fourth-order valence-corrected chi connectivity index (χ4v) is 5.52. The highest BCUT2D eigenvalue weighted by atomic mass is 16.5. The van der Waals surface area contributed by atoms with Crippen molar-refractivity contribution >= 4 is 23.9 Å².